The summed E-state index contributed by atoms with van der Waals surface area (Å²) in [5, 5.41) is 14.9. The highest BCUT2D eigenvalue weighted by Gasteiger charge is 2.38. The number of anilines is 1. The lowest BCUT2D eigenvalue weighted by Gasteiger charge is -2.42. The van der Waals surface area contributed by atoms with Gasteiger partial charge < -0.3 is 10.0 Å². The minimum atomic E-state index is -0.465. The van der Waals surface area contributed by atoms with E-state index in [4.69, 9.17) is 0 Å². The monoisotopic (exact) mass is 319 g/mol. The first-order chi connectivity index (χ1) is 11.0. The van der Waals surface area contributed by atoms with Crippen LogP contribution in [0.25, 0.3) is 0 Å². The number of aliphatic hydroxyl groups is 1. The Morgan fingerprint density at radius 3 is 2.70 bits per heavy atom. The third-order valence-corrected chi connectivity index (χ3v) is 5.48. The molecule has 3 fully saturated rings. The van der Waals surface area contributed by atoms with E-state index in [0.717, 1.165) is 64.1 Å². The van der Waals surface area contributed by atoms with Crippen LogP contribution in [0.4, 0.5) is 10.5 Å². The molecule has 2 aliphatic heterocycles. The Hall–Kier alpha value is -1.60. The molecule has 0 aromatic carbocycles. The lowest BCUT2D eigenvalue weighted by molar-refractivity contribution is -0.0256. The van der Waals surface area contributed by atoms with Crippen molar-refractivity contribution in [3.8, 4) is 0 Å². The maximum absolute atomic E-state index is 12.0. The first-order valence-electron chi connectivity index (χ1n) is 8.56. The van der Waals surface area contributed by atoms with Gasteiger partial charge in [-0.05, 0) is 12.8 Å². The van der Waals surface area contributed by atoms with E-state index >= 15 is 0 Å². The Morgan fingerprint density at radius 2 is 2.04 bits per heavy atom. The van der Waals surface area contributed by atoms with Crippen molar-refractivity contribution < 1.29 is 9.90 Å². The predicted molar refractivity (Wildman–Crippen MR) is 86.5 cm³/mol. The maximum atomic E-state index is 12.0. The van der Waals surface area contributed by atoms with E-state index in [1.165, 1.54) is 0 Å². The zero-order chi connectivity index (χ0) is 16.0. The van der Waals surface area contributed by atoms with E-state index in [9.17, 15) is 9.90 Å². The number of likely N-dealkylation sites (tertiary alicyclic amines) is 1. The second-order valence-corrected chi connectivity index (χ2v) is 7.31. The van der Waals surface area contributed by atoms with Gasteiger partial charge in [-0.25, -0.2) is 4.79 Å². The second kappa shape index (κ2) is 5.49. The van der Waals surface area contributed by atoms with Gasteiger partial charge in [0.25, 0.3) is 0 Å². The zero-order valence-corrected chi connectivity index (χ0v) is 13.7. The van der Waals surface area contributed by atoms with Crippen LogP contribution >= 0.6 is 0 Å². The average Bonchev–Trinajstić information content (AvgIpc) is 3.18. The molecule has 23 heavy (non-hydrogen) atoms. The average molecular weight is 319 g/mol. The summed E-state index contributed by atoms with van der Waals surface area (Å²) in [5.41, 5.74) is 0.416. The summed E-state index contributed by atoms with van der Waals surface area (Å²) in [6, 6.07) is 0.396. The summed E-state index contributed by atoms with van der Waals surface area (Å²) in [5.74, 6) is 0. The number of hydrogen-bond acceptors (Lipinski definition) is 4. The van der Waals surface area contributed by atoms with Crippen molar-refractivity contribution in [3.05, 3.63) is 12.4 Å². The van der Waals surface area contributed by atoms with Crippen molar-refractivity contribution in [3.63, 3.8) is 0 Å². The summed E-state index contributed by atoms with van der Waals surface area (Å²) in [6.45, 7) is 4.13. The van der Waals surface area contributed by atoms with Crippen molar-refractivity contribution >= 4 is 11.7 Å². The minimum absolute atomic E-state index is 0.0447. The molecule has 7 nitrogen and oxygen atoms in total. The smallest absolute Gasteiger partial charge is 0.324 e. The summed E-state index contributed by atoms with van der Waals surface area (Å²) in [7, 11) is 1.82. The van der Waals surface area contributed by atoms with E-state index < -0.39 is 5.60 Å². The molecule has 0 atom stereocenters. The molecule has 2 amide bonds. The Labute approximate surface area is 136 Å². The van der Waals surface area contributed by atoms with Gasteiger partial charge in [0.05, 0.1) is 23.5 Å². The van der Waals surface area contributed by atoms with Crippen molar-refractivity contribution in [1.82, 2.24) is 19.6 Å². The minimum Gasteiger partial charge on any atom is -0.389 e. The number of carbonyl (C=O) groups excluding carboxylic acids is 1. The number of rotatable bonds is 4. The van der Waals surface area contributed by atoms with Crippen molar-refractivity contribution in [2.45, 2.75) is 37.3 Å². The summed E-state index contributed by atoms with van der Waals surface area (Å²) >= 11 is 0. The van der Waals surface area contributed by atoms with Crippen LogP contribution in [0.1, 0.15) is 31.7 Å². The van der Waals surface area contributed by atoms with E-state index in [-0.39, 0.29) is 6.03 Å². The first-order valence-corrected chi connectivity index (χ1v) is 8.56. The molecule has 0 radical (unpaired) electrons. The van der Waals surface area contributed by atoms with Gasteiger partial charge in [0.1, 0.15) is 0 Å². The Morgan fingerprint density at radius 1 is 1.30 bits per heavy atom. The van der Waals surface area contributed by atoms with Gasteiger partial charge in [-0.2, -0.15) is 5.10 Å². The molecule has 0 bridgehead atoms. The molecule has 3 aliphatic rings. The molecule has 1 saturated carbocycles. The van der Waals surface area contributed by atoms with E-state index in [0.29, 0.717) is 6.04 Å². The highest BCUT2D eigenvalue weighted by molar-refractivity contribution is 5.93. The van der Waals surface area contributed by atoms with Gasteiger partial charge in [0.2, 0.25) is 0 Å². The summed E-state index contributed by atoms with van der Waals surface area (Å²) < 4.78 is 1.97. The quantitative estimate of drug-likeness (QED) is 0.896. The molecule has 126 valence electrons. The van der Waals surface area contributed by atoms with E-state index in [2.05, 4.69) is 10.00 Å². The molecule has 1 N–H and O–H groups in total. The third-order valence-electron chi connectivity index (χ3n) is 5.48. The highest BCUT2D eigenvalue weighted by atomic mass is 16.3. The number of likely N-dealkylation sites (N-methyl/N-ethyl adjacent to an activating group) is 1. The van der Waals surface area contributed by atoms with Crippen LogP contribution in [0.15, 0.2) is 12.4 Å². The predicted octanol–water partition coefficient (Wildman–Crippen LogP) is 0.917. The number of β-amino-alcohol motifs (C(OH)–C–C–N with tert-alkyl or cyclic N) is 1. The highest BCUT2D eigenvalue weighted by Crippen LogP contribution is 2.33. The number of nitrogens with zero attached hydrogens (tertiary/aromatic N) is 5. The lowest BCUT2D eigenvalue weighted by Crippen LogP contribution is -2.53. The summed E-state index contributed by atoms with van der Waals surface area (Å²) in [6.07, 6.45) is 7.92. The number of amides is 2. The normalized spacial score (nSPS) is 25.4. The Balaban J connectivity index is 1.33. The van der Waals surface area contributed by atoms with Crippen LogP contribution in [0, 0.1) is 0 Å². The fourth-order valence-electron chi connectivity index (χ4n) is 4.00. The molecule has 1 aromatic rings. The molecule has 1 aliphatic carbocycles. The van der Waals surface area contributed by atoms with Crippen molar-refractivity contribution in [1.29, 1.82) is 0 Å². The van der Waals surface area contributed by atoms with Gasteiger partial charge in [-0.3, -0.25) is 14.5 Å². The Bertz CT molecular complexity index is 589. The van der Waals surface area contributed by atoms with Gasteiger partial charge in [0.15, 0.2) is 0 Å². The number of carbonyl (C=O) groups is 1. The van der Waals surface area contributed by atoms with Crippen LogP contribution in [-0.4, -0.2) is 76.1 Å². The fraction of sp³-hybridized carbons (Fsp3) is 0.750. The number of hydrogen-bond donors (Lipinski definition) is 1. The first kappa shape index (κ1) is 15.0. The van der Waals surface area contributed by atoms with Gasteiger partial charge in [-0.1, -0.05) is 12.8 Å². The van der Waals surface area contributed by atoms with Crippen LogP contribution in [0.2, 0.25) is 0 Å². The molecule has 7 heteroatoms. The molecule has 0 unspecified atom stereocenters. The van der Waals surface area contributed by atoms with Gasteiger partial charge >= 0.3 is 6.03 Å². The standard InChI is InChI=1S/C16H25N5O2/c1-18-6-7-20(15(18)22)13-8-17-21(11-13)14-9-19(10-14)12-16(23)4-2-3-5-16/h8,11,14,23H,2-7,9-10,12H2,1H3. The molecule has 4 rings (SSSR count). The largest absolute Gasteiger partial charge is 0.389 e. The zero-order valence-electron chi connectivity index (χ0n) is 13.7. The van der Waals surface area contributed by atoms with Crippen LogP contribution < -0.4 is 4.90 Å². The number of aromatic nitrogens is 2. The lowest BCUT2D eigenvalue weighted by atomic mass is 9.98. The second-order valence-electron chi connectivity index (χ2n) is 7.31. The molecule has 3 heterocycles. The molecule has 2 saturated heterocycles. The number of urea groups is 1. The van der Waals surface area contributed by atoms with Crippen LogP contribution in [0.3, 0.4) is 0 Å². The fourth-order valence-corrected chi connectivity index (χ4v) is 4.00. The molecular formula is C16H25N5O2. The molecular weight excluding hydrogens is 294 g/mol. The van der Waals surface area contributed by atoms with E-state index in [1.54, 1.807) is 16.0 Å². The third kappa shape index (κ3) is 2.72. The van der Waals surface area contributed by atoms with Crippen molar-refractivity contribution in [2.75, 3.05) is 44.7 Å². The topological polar surface area (TPSA) is 64.8 Å². The Kier molecular flexibility index (Phi) is 3.57. The van der Waals surface area contributed by atoms with Crippen LogP contribution in [-0.2, 0) is 0 Å². The molecule has 1 aromatic heterocycles. The maximum Gasteiger partial charge on any atom is 0.324 e. The van der Waals surface area contributed by atoms with Crippen molar-refractivity contribution in [2.24, 2.45) is 0 Å². The molecule has 0 spiro atoms. The van der Waals surface area contributed by atoms with Gasteiger partial charge in [-0.15, -0.1) is 0 Å². The van der Waals surface area contributed by atoms with Crippen LogP contribution in [0.5, 0.6) is 0 Å². The summed E-state index contributed by atoms with van der Waals surface area (Å²) in [4.78, 5) is 17.8. The SMILES string of the molecule is CN1CCN(c2cnn(C3CN(CC4(O)CCCC4)C3)c2)C1=O. The van der Waals surface area contributed by atoms with Gasteiger partial charge in [0, 0.05) is 46.0 Å². The van der Waals surface area contributed by atoms with E-state index in [1.807, 2.05) is 17.9 Å².